The molecule has 2 rings (SSSR count). The van der Waals surface area contributed by atoms with Crippen LogP contribution in [0, 0.1) is 0 Å². The SMILES string of the molecule is O=S(=O)([O-])[O-].Sc1nc2ccccc2s1.[Zn+2]. The maximum atomic E-state index is 8.52. The minimum atomic E-state index is -5.17. The van der Waals surface area contributed by atoms with Crippen LogP contribution < -0.4 is 0 Å². The minimum absolute atomic E-state index is 0. The van der Waals surface area contributed by atoms with Crippen molar-refractivity contribution in [3.63, 3.8) is 0 Å². The first-order chi connectivity index (χ1) is 6.86. The van der Waals surface area contributed by atoms with Crippen molar-refractivity contribution in [3.8, 4) is 0 Å². The maximum Gasteiger partial charge on any atom is 2.00 e. The largest absolute Gasteiger partial charge is 2.00 e. The third-order valence-electron chi connectivity index (χ3n) is 1.28. The summed E-state index contributed by atoms with van der Waals surface area (Å²) < 4.78 is 36.1. The molecule has 0 unspecified atom stereocenters. The average Bonchev–Trinajstić information content (AvgIpc) is 2.40. The molecule has 1 heterocycles. The number of thiazole rings is 1. The van der Waals surface area contributed by atoms with Crippen LogP contribution in [0.3, 0.4) is 0 Å². The van der Waals surface area contributed by atoms with Gasteiger partial charge in [0.25, 0.3) is 0 Å². The second-order valence-electron chi connectivity index (χ2n) is 2.37. The fourth-order valence-corrected chi connectivity index (χ4v) is 1.97. The Morgan fingerprint density at radius 3 is 2.25 bits per heavy atom. The minimum Gasteiger partial charge on any atom is -0.759 e. The Morgan fingerprint density at radius 2 is 1.75 bits per heavy atom. The van der Waals surface area contributed by atoms with Gasteiger partial charge in [0.05, 0.1) is 10.2 Å². The molecule has 0 aliphatic carbocycles. The van der Waals surface area contributed by atoms with E-state index in [0.717, 1.165) is 9.86 Å². The van der Waals surface area contributed by atoms with Crippen LogP contribution in [0.15, 0.2) is 28.6 Å². The van der Waals surface area contributed by atoms with Crippen molar-refractivity contribution in [1.29, 1.82) is 0 Å². The zero-order valence-corrected chi connectivity index (χ0v) is 13.4. The van der Waals surface area contributed by atoms with Crippen molar-refractivity contribution in [1.82, 2.24) is 4.98 Å². The summed E-state index contributed by atoms with van der Waals surface area (Å²) >= 11 is 5.76. The predicted molar refractivity (Wildman–Crippen MR) is 57.3 cm³/mol. The van der Waals surface area contributed by atoms with Gasteiger partial charge in [-0.05, 0) is 12.1 Å². The standard InChI is InChI=1S/C7H5NS2.H2O4S.Zn/c9-7-8-5-3-1-2-4-6(5)10-7;1-5(2,3)4;/h1-4H,(H,8,9);(H2,1,2,3,4);/q;;+2/p-2. The van der Waals surface area contributed by atoms with Crippen molar-refractivity contribution < 1.29 is 37.0 Å². The van der Waals surface area contributed by atoms with Gasteiger partial charge in [-0.1, -0.05) is 12.1 Å². The molecule has 5 nitrogen and oxygen atoms in total. The fourth-order valence-electron chi connectivity index (χ4n) is 0.860. The monoisotopic (exact) mass is 327 g/mol. The van der Waals surface area contributed by atoms with Crippen LogP contribution in [-0.2, 0) is 29.9 Å². The predicted octanol–water partition coefficient (Wildman–Crippen LogP) is 1.24. The Balaban J connectivity index is 0.000000330. The number of benzene rings is 1. The molecule has 1 aromatic carbocycles. The molecular weight excluding hydrogens is 324 g/mol. The van der Waals surface area contributed by atoms with E-state index in [1.807, 2.05) is 24.3 Å². The van der Waals surface area contributed by atoms with E-state index in [0.29, 0.717) is 0 Å². The summed E-state index contributed by atoms with van der Waals surface area (Å²) in [6.07, 6.45) is 0. The van der Waals surface area contributed by atoms with Gasteiger partial charge < -0.3 is 9.11 Å². The number of fused-ring (bicyclic) bond motifs is 1. The van der Waals surface area contributed by atoms with Gasteiger partial charge in [-0.3, -0.25) is 8.42 Å². The molecule has 82 valence electrons. The average molecular weight is 329 g/mol. The molecule has 16 heavy (non-hydrogen) atoms. The molecule has 9 heteroatoms. The van der Waals surface area contributed by atoms with Gasteiger partial charge in [0.15, 0.2) is 0 Å². The summed E-state index contributed by atoms with van der Waals surface area (Å²) in [6.45, 7) is 0. The second kappa shape index (κ2) is 6.63. The van der Waals surface area contributed by atoms with E-state index in [2.05, 4.69) is 17.6 Å². The van der Waals surface area contributed by atoms with Gasteiger partial charge in [0.2, 0.25) is 0 Å². The van der Waals surface area contributed by atoms with Gasteiger partial charge in [0.1, 0.15) is 4.34 Å². The zero-order chi connectivity index (χ0) is 11.5. The van der Waals surface area contributed by atoms with Gasteiger partial charge >= 0.3 is 19.5 Å². The summed E-state index contributed by atoms with van der Waals surface area (Å²) in [5.41, 5.74) is 1.04. The molecule has 0 amide bonds. The third-order valence-corrected chi connectivity index (χ3v) is 2.50. The second-order valence-corrected chi connectivity index (χ2v) is 4.95. The van der Waals surface area contributed by atoms with Crippen molar-refractivity contribution in [2.24, 2.45) is 0 Å². The number of thiol groups is 1. The number of hydrogen-bond acceptors (Lipinski definition) is 7. The van der Waals surface area contributed by atoms with Gasteiger partial charge in [0, 0.05) is 10.4 Å². The molecule has 0 saturated carbocycles. The van der Waals surface area contributed by atoms with E-state index in [4.69, 9.17) is 17.5 Å². The Bertz CT molecular complexity index is 513. The fraction of sp³-hybridized carbons (Fsp3) is 0. The quantitative estimate of drug-likeness (QED) is 0.340. The first-order valence-corrected chi connectivity index (χ1v) is 6.17. The van der Waals surface area contributed by atoms with Crippen LogP contribution in [0.1, 0.15) is 0 Å². The molecule has 0 spiro atoms. The van der Waals surface area contributed by atoms with Crippen LogP contribution in [0.4, 0.5) is 0 Å². The summed E-state index contributed by atoms with van der Waals surface area (Å²) in [7, 11) is -5.17. The normalized spacial score (nSPS) is 10.2. The van der Waals surface area contributed by atoms with E-state index in [-0.39, 0.29) is 19.5 Å². The number of nitrogens with zero attached hydrogens (tertiary/aromatic N) is 1. The number of aromatic nitrogens is 1. The van der Waals surface area contributed by atoms with E-state index in [1.165, 1.54) is 4.70 Å². The molecule has 0 radical (unpaired) electrons. The van der Waals surface area contributed by atoms with Gasteiger partial charge in [-0.2, -0.15) is 0 Å². The zero-order valence-electron chi connectivity index (χ0n) is 7.86. The number of hydrogen-bond donors (Lipinski definition) is 1. The number of rotatable bonds is 0. The third kappa shape index (κ3) is 6.52. The van der Waals surface area contributed by atoms with Crippen molar-refractivity contribution in [2.45, 2.75) is 4.34 Å². The number of para-hydroxylation sites is 1. The van der Waals surface area contributed by atoms with Crippen LogP contribution in [0.2, 0.25) is 0 Å². The molecule has 0 N–H and O–H groups in total. The molecule has 1 aromatic heterocycles. The van der Waals surface area contributed by atoms with Gasteiger partial charge in [-0.15, -0.1) is 24.0 Å². The van der Waals surface area contributed by atoms with Crippen LogP contribution in [0.5, 0.6) is 0 Å². The van der Waals surface area contributed by atoms with Crippen LogP contribution >= 0.6 is 24.0 Å². The molecule has 0 saturated heterocycles. The maximum absolute atomic E-state index is 8.52. The Morgan fingerprint density at radius 1 is 1.25 bits per heavy atom. The Kier molecular flexibility index (Phi) is 6.61. The van der Waals surface area contributed by atoms with E-state index >= 15 is 0 Å². The molecule has 0 atom stereocenters. The summed E-state index contributed by atoms with van der Waals surface area (Å²) in [5, 5.41) is 0. The van der Waals surface area contributed by atoms with E-state index in [9.17, 15) is 0 Å². The first kappa shape index (κ1) is 16.0. The first-order valence-electron chi connectivity index (χ1n) is 3.57. The summed E-state index contributed by atoms with van der Waals surface area (Å²) in [6, 6.07) is 8.03. The van der Waals surface area contributed by atoms with Crippen molar-refractivity contribution in [2.75, 3.05) is 0 Å². The van der Waals surface area contributed by atoms with Crippen LogP contribution in [-0.4, -0.2) is 22.5 Å². The van der Waals surface area contributed by atoms with Crippen molar-refractivity contribution >= 4 is 44.6 Å². The topological polar surface area (TPSA) is 93.2 Å². The molecule has 0 bridgehead atoms. The molecule has 2 aromatic rings. The molecule has 0 aliphatic heterocycles. The van der Waals surface area contributed by atoms with Crippen molar-refractivity contribution in [3.05, 3.63) is 24.3 Å². The van der Waals surface area contributed by atoms with Crippen LogP contribution in [0.25, 0.3) is 10.2 Å². The molecule has 0 fully saturated rings. The van der Waals surface area contributed by atoms with E-state index < -0.39 is 10.4 Å². The van der Waals surface area contributed by atoms with Gasteiger partial charge in [-0.25, -0.2) is 4.98 Å². The summed E-state index contributed by atoms with van der Waals surface area (Å²) in [5.74, 6) is 0. The Hall–Kier alpha value is -0.0466. The Labute approximate surface area is 115 Å². The smallest absolute Gasteiger partial charge is 0.759 e. The molecular formula is C7H5NO4S3Zn. The van der Waals surface area contributed by atoms with E-state index in [1.54, 1.807) is 11.3 Å². The summed E-state index contributed by atoms with van der Waals surface area (Å²) in [4.78, 5) is 4.20. The molecule has 0 aliphatic rings.